The smallest absolute Gasteiger partial charge is 0.305 e. The lowest BCUT2D eigenvalue weighted by Crippen LogP contribution is -2.45. The molecule has 0 bridgehead atoms. The quantitative estimate of drug-likeness (QED) is 0.0320. The molecule has 3 N–H and O–H groups in total. The first-order valence-corrected chi connectivity index (χ1v) is 32.8. The van der Waals surface area contributed by atoms with E-state index in [9.17, 15) is 19.8 Å². The van der Waals surface area contributed by atoms with Crippen LogP contribution in [-0.4, -0.2) is 47.4 Å². The van der Waals surface area contributed by atoms with Crippen molar-refractivity contribution in [3.05, 3.63) is 36.5 Å². The van der Waals surface area contributed by atoms with Gasteiger partial charge in [-0.1, -0.05) is 314 Å². The second-order valence-corrected chi connectivity index (χ2v) is 22.5. The van der Waals surface area contributed by atoms with Crippen LogP contribution in [0.15, 0.2) is 36.5 Å². The van der Waals surface area contributed by atoms with Gasteiger partial charge in [0, 0.05) is 12.8 Å². The van der Waals surface area contributed by atoms with Crippen molar-refractivity contribution in [1.29, 1.82) is 0 Å². The molecule has 0 radical (unpaired) electrons. The molecule has 0 aliphatic rings. The highest BCUT2D eigenvalue weighted by molar-refractivity contribution is 5.76. The predicted octanol–water partition coefficient (Wildman–Crippen LogP) is 20.8. The summed E-state index contributed by atoms with van der Waals surface area (Å²) in [5.41, 5.74) is 0. The van der Waals surface area contributed by atoms with E-state index in [1.165, 1.54) is 276 Å². The van der Waals surface area contributed by atoms with Crippen molar-refractivity contribution < 1.29 is 24.5 Å². The first kappa shape index (κ1) is 71.1. The number of allylic oxidation sites excluding steroid dienone is 5. The fraction of sp³-hybridized carbons (Fsp3) is 0.881. The van der Waals surface area contributed by atoms with E-state index >= 15 is 0 Å². The Hall–Kier alpha value is -1.92. The molecular formula is C67H127NO5. The lowest BCUT2D eigenvalue weighted by Gasteiger charge is -2.20. The van der Waals surface area contributed by atoms with Crippen molar-refractivity contribution in [2.45, 2.75) is 366 Å². The summed E-state index contributed by atoms with van der Waals surface area (Å²) in [7, 11) is 0. The molecule has 0 spiro atoms. The first-order chi connectivity index (χ1) is 36.0. The minimum Gasteiger partial charge on any atom is -0.466 e. The van der Waals surface area contributed by atoms with Gasteiger partial charge >= 0.3 is 5.97 Å². The highest BCUT2D eigenvalue weighted by atomic mass is 16.5. The van der Waals surface area contributed by atoms with Crippen molar-refractivity contribution >= 4 is 11.9 Å². The number of aliphatic hydroxyl groups excluding tert-OH is 2. The van der Waals surface area contributed by atoms with Gasteiger partial charge < -0.3 is 20.3 Å². The first-order valence-electron chi connectivity index (χ1n) is 32.8. The van der Waals surface area contributed by atoms with Crippen LogP contribution in [0.2, 0.25) is 0 Å². The van der Waals surface area contributed by atoms with Gasteiger partial charge in [0.15, 0.2) is 0 Å². The maximum Gasteiger partial charge on any atom is 0.305 e. The monoisotopic (exact) mass is 1030 g/mol. The average molecular weight is 1030 g/mol. The normalized spacial score (nSPS) is 12.8. The van der Waals surface area contributed by atoms with Crippen molar-refractivity contribution in [2.75, 3.05) is 13.2 Å². The Morgan fingerprint density at radius 2 is 0.685 bits per heavy atom. The summed E-state index contributed by atoms with van der Waals surface area (Å²) < 4.78 is 5.50. The molecule has 0 aliphatic heterocycles. The number of nitrogens with one attached hydrogen (secondary N) is 1. The van der Waals surface area contributed by atoms with E-state index in [1.54, 1.807) is 6.08 Å². The Kier molecular flexibility index (Phi) is 61.0. The molecule has 0 saturated heterocycles. The van der Waals surface area contributed by atoms with Gasteiger partial charge in [-0.3, -0.25) is 9.59 Å². The van der Waals surface area contributed by atoms with Gasteiger partial charge in [-0.15, -0.1) is 0 Å². The number of carbonyl (C=O) groups excluding carboxylic acids is 2. The van der Waals surface area contributed by atoms with Crippen molar-refractivity contribution in [2.24, 2.45) is 0 Å². The molecule has 0 aromatic carbocycles. The van der Waals surface area contributed by atoms with Crippen LogP contribution in [0.3, 0.4) is 0 Å². The zero-order valence-corrected chi connectivity index (χ0v) is 49.1. The lowest BCUT2D eigenvalue weighted by atomic mass is 10.0. The van der Waals surface area contributed by atoms with E-state index in [4.69, 9.17) is 4.74 Å². The minimum atomic E-state index is -0.843. The number of ether oxygens (including phenoxy) is 1. The third-order valence-corrected chi connectivity index (χ3v) is 15.2. The molecule has 0 heterocycles. The van der Waals surface area contributed by atoms with E-state index in [1.807, 2.05) is 6.08 Å². The minimum absolute atomic E-state index is 0.00781. The number of rotatable bonds is 61. The van der Waals surface area contributed by atoms with Gasteiger partial charge in [0.05, 0.1) is 25.4 Å². The molecule has 0 aromatic rings. The molecular weight excluding hydrogens is 899 g/mol. The topological polar surface area (TPSA) is 95.9 Å². The molecule has 0 rings (SSSR count). The average Bonchev–Trinajstić information content (AvgIpc) is 3.39. The number of unbranched alkanes of at least 4 members (excludes halogenated alkanes) is 46. The maximum atomic E-state index is 12.5. The van der Waals surface area contributed by atoms with Gasteiger partial charge in [-0.2, -0.15) is 0 Å². The summed E-state index contributed by atoms with van der Waals surface area (Å²) >= 11 is 0. The van der Waals surface area contributed by atoms with E-state index in [2.05, 4.69) is 43.5 Å². The van der Waals surface area contributed by atoms with Crippen LogP contribution >= 0.6 is 0 Å². The van der Waals surface area contributed by atoms with Gasteiger partial charge in [-0.05, 0) is 64.2 Å². The van der Waals surface area contributed by atoms with Crippen LogP contribution in [0.5, 0.6) is 0 Å². The Morgan fingerprint density at radius 3 is 1.05 bits per heavy atom. The van der Waals surface area contributed by atoms with Crippen molar-refractivity contribution in [3.8, 4) is 0 Å². The highest BCUT2D eigenvalue weighted by Crippen LogP contribution is 2.18. The third-order valence-electron chi connectivity index (χ3n) is 15.2. The van der Waals surface area contributed by atoms with Gasteiger partial charge in [0.1, 0.15) is 0 Å². The molecule has 430 valence electrons. The summed E-state index contributed by atoms with van der Waals surface area (Å²) in [5, 5.41) is 23.1. The van der Waals surface area contributed by atoms with E-state index < -0.39 is 12.1 Å². The summed E-state index contributed by atoms with van der Waals surface area (Å²) in [6.45, 7) is 4.90. The fourth-order valence-electron chi connectivity index (χ4n) is 10.1. The summed E-state index contributed by atoms with van der Waals surface area (Å²) in [4.78, 5) is 24.6. The summed E-state index contributed by atoms with van der Waals surface area (Å²) in [6.07, 6.45) is 79.1. The fourth-order valence-corrected chi connectivity index (χ4v) is 10.1. The second kappa shape index (κ2) is 62.6. The van der Waals surface area contributed by atoms with Crippen LogP contribution in [0.1, 0.15) is 354 Å². The number of hydrogen-bond donors (Lipinski definition) is 3. The third kappa shape index (κ3) is 59.2. The SMILES string of the molecule is CCCCCC/C=C\C/C=C\CCCCCCCCCC(=O)OCCCCCCCCCCCCCCCCCCCCCCCCCCC(=O)NC(CO)C(O)/C=C/CCCCCCCCCCCCCC. The molecule has 6 nitrogen and oxygen atoms in total. The van der Waals surface area contributed by atoms with E-state index in [0.29, 0.717) is 19.4 Å². The highest BCUT2D eigenvalue weighted by Gasteiger charge is 2.18. The second-order valence-electron chi connectivity index (χ2n) is 22.5. The molecule has 2 atom stereocenters. The molecule has 0 fully saturated rings. The Labute approximate surface area is 455 Å². The molecule has 6 heteroatoms. The zero-order valence-electron chi connectivity index (χ0n) is 49.1. The molecule has 2 unspecified atom stereocenters. The van der Waals surface area contributed by atoms with Crippen LogP contribution < -0.4 is 5.32 Å². The number of esters is 1. The van der Waals surface area contributed by atoms with Crippen LogP contribution in [0, 0.1) is 0 Å². The molecule has 73 heavy (non-hydrogen) atoms. The molecule has 0 aromatic heterocycles. The molecule has 0 aliphatic carbocycles. The Bertz CT molecular complexity index is 1180. The van der Waals surface area contributed by atoms with Crippen LogP contribution in [-0.2, 0) is 14.3 Å². The number of aliphatic hydroxyl groups is 2. The number of carbonyl (C=O) groups is 2. The van der Waals surface area contributed by atoms with Crippen molar-refractivity contribution in [1.82, 2.24) is 5.32 Å². The summed E-state index contributed by atoms with van der Waals surface area (Å²) in [5.74, 6) is -0.0579. The number of hydrogen-bond acceptors (Lipinski definition) is 5. The standard InChI is InChI=1S/C67H127NO5/c1-3-5-7-9-11-13-15-17-19-20-30-33-37-41-45-49-53-57-61-67(72)73-62-58-54-50-46-42-38-34-31-28-26-24-22-21-23-25-27-29-32-36-40-44-48-52-56-60-66(71)68-64(63-69)65(70)59-55-51-47-43-39-35-18-16-14-12-10-8-6-4-2/h13,15,19-20,55,59,64-65,69-70H,3-12,14,16-18,21-54,56-58,60-63H2,1-2H3,(H,68,71)/b15-13-,20-19-,59-55+. The molecule has 1 amide bonds. The number of amides is 1. The lowest BCUT2D eigenvalue weighted by molar-refractivity contribution is -0.143. The van der Waals surface area contributed by atoms with Gasteiger partial charge in [0.2, 0.25) is 5.91 Å². The zero-order chi connectivity index (χ0) is 52.9. The Balaban J connectivity index is 3.37. The Morgan fingerprint density at radius 1 is 0.384 bits per heavy atom. The van der Waals surface area contributed by atoms with Crippen LogP contribution in [0.4, 0.5) is 0 Å². The van der Waals surface area contributed by atoms with Crippen LogP contribution in [0.25, 0.3) is 0 Å². The van der Waals surface area contributed by atoms with E-state index in [-0.39, 0.29) is 18.5 Å². The molecule has 0 saturated carbocycles. The van der Waals surface area contributed by atoms with Gasteiger partial charge in [-0.25, -0.2) is 0 Å². The summed E-state index contributed by atoms with van der Waals surface area (Å²) in [6, 6.07) is -0.627. The van der Waals surface area contributed by atoms with Crippen molar-refractivity contribution in [3.63, 3.8) is 0 Å². The predicted molar refractivity (Wildman–Crippen MR) is 319 cm³/mol. The maximum absolute atomic E-state index is 12.5. The largest absolute Gasteiger partial charge is 0.466 e. The van der Waals surface area contributed by atoms with Gasteiger partial charge in [0.25, 0.3) is 0 Å². The van der Waals surface area contributed by atoms with E-state index in [0.717, 1.165) is 51.4 Å².